The van der Waals surface area contributed by atoms with Crippen LogP contribution < -0.4 is 5.32 Å². The third kappa shape index (κ3) is 3.16. The number of hydrogen-bond acceptors (Lipinski definition) is 3. The van der Waals surface area contributed by atoms with Gasteiger partial charge < -0.3 is 5.32 Å². The fraction of sp³-hybridized carbons (Fsp3) is 0.381. The van der Waals surface area contributed by atoms with E-state index >= 15 is 0 Å². The third-order valence-electron chi connectivity index (χ3n) is 5.56. The number of hydrogen-bond donors (Lipinski definition) is 2. The highest BCUT2D eigenvalue weighted by atomic mass is 16.2. The van der Waals surface area contributed by atoms with Gasteiger partial charge in [-0.05, 0) is 62.8 Å². The Balaban J connectivity index is 1.51. The van der Waals surface area contributed by atoms with Crippen LogP contribution in [0.4, 0.5) is 0 Å². The lowest BCUT2D eigenvalue weighted by atomic mass is 10.0. The minimum Gasteiger partial charge on any atom is -0.344 e. The highest BCUT2D eigenvalue weighted by Gasteiger charge is 2.19. The number of benzene rings is 1. The molecule has 1 aliphatic carbocycles. The molecule has 1 aliphatic rings. The van der Waals surface area contributed by atoms with Crippen LogP contribution in [-0.2, 0) is 19.9 Å². The number of rotatable bonds is 4. The summed E-state index contributed by atoms with van der Waals surface area (Å²) in [5.41, 5.74) is 8.10. The van der Waals surface area contributed by atoms with Crippen LogP contribution in [0.15, 0.2) is 24.3 Å². The molecular weight excluding hydrogens is 338 g/mol. The van der Waals surface area contributed by atoms with Gasteiger partial charge in [-0.1, -0.05) is 18.2 Å². The molecule has 3 aromatic rings. The molecule has 1 amide bonds. The van der Waals surface area contributed by atoms with Crippen molar-refractivity contribution >= 4 is 5.91 Å². The molecule has 6 heteroatoms. The molecule has 0 aliphatic heterocycles. The van der Waals surface area contributed by atoms with E-state index in [2.05, 4.69) is 38.8 Å². The number of aromatic nitrogens is 4. The van der Waals surface area contributed by atoms with E-state index in [0.717, 1.165) is 34.6 Å². The first-order valence-electron chi connectivity index (χ1n) is 9.42. The predicted octanol–water partition coefficient (Wildman–Crippen LogP) is 3.41. The van der Waals surface area contributed by atoms with Crippen molar-refractivity contribution < 1.29 is 4.79 Å². The van der Waals surface area contributed by atoms with Crippen LogP contribution in [0.25, 0.3) is 11.3 Å². The Hall–Kier alpha value is -2.89. The van der Waals surface area contributed by atoms with E-state index in [1.807, 2.05) is 32.5 Å². The fourth-order valence-corrected chi connectivity index (χ4v) is 3.93. The van der Waals surface area contributed by atoms with E-state index < -0.39 is 0 Å². The first-order chi connectivity index (χ1) is 12.9. The van der Waals surface area contributed by atoms with Gasteiger partial charge in [0.15, 0.2) is 0 Å². The zero-order valence-corrected chi connectivity index (χ0v) is 16.3. The molecule has 2 heterocycles. The van der Waals surface area contributed by atoms with Gasteiger partial charge in [-0.3, -0.25) is 14.6 Å². The van der Waals surface area contributed by atoms with Gasteiger partial charge in [0.2, 0.25) is 0 Å². The molecule has 1 aromatic carbocycles. The Morgan fingerprint density at radius 3 is 2.74 bits per heavy atom. The summed E-state index contributed by atoms with van der Waals surface area (Å²) in [5.74, 6) is -0.152. The second-order valence-corrected chi connectivity index (χ2v) is 7.41. The maximum absolute atomic E-state index is 12.7. The molecular formula is C21H25N5O. The Labute approximate surface area is 159 Å². The number of nitrogens with one attached hydrogen (secondary N) is 2. The van der Waals surface area contributed by atoms with E-state index in [0.29, 0.717) is 5.69 Å². The molecule has 0 saturated heterocycles. The van der Waals surface area contributed by atoms with Crippen LogP contribution >= 0.6 is 0 Å². The maximum Gasteiger partial charge on any atom is 0.269 e. The molecule has 0 radical (unpaired) electrons. The van der Waals surface area contributed by atoms with Gasteiger partial charge in [0.1, 0.15) is 5.69 Å². The van der Waals surface area contributed by atoms with Gasteiger partial charge in [0.05, 0.1) is 17.4 Å². The average Bonchev–Trinajstić information content (AvgIpc) is 3.34. The Kier molecular flexibility index (Phi) is 4.34. The van der Waals surface area contributed by atoms with Crippen LogP contribution in [0, 0.1) is 13.8 Å². The van der Waals surface area contributed by atoms with E-state index in [1.165, 1.54) is 24.0 Å². The second kappa shape index (κ2) is 6.68. The normalized spacial score (nSPS) is 14.2. The average molecular weight is 363 g/mol. The highest BCUT2D eigenvalue weighted by molar-refractivity contribution is 5.93. The first kappa shape index (κ1) is 17.5. The summed E-state index contributed by atoms with van der Waals surface area (Å²) in [5, 5.41) is 14.7. The molecule has 2 aromatic heterocycles. The summed E-state index contributed by atoms with van der Waals surface area (Å²) in [4.78, 5) is 12.7. The monoisotopic (exact) mass is 363 g/mol. The van der Waals surface area contributed by atoms with Gasteiger partial charge in [0.25, 0.3) is 5.91 Å². The number of H-pyrrole nitrogens is 1. The molecule has 0 unspecified atom stereocenters. The minimum atomic E-state index is -0.152. The summed E-state index contributed by atoms with van der Waals surface area (Å²) in [6, 6.07) is 8.28. The molecule has 0 fully saturated rings. The minimum absolute atomic E-state index is 0.0583. The largest absolute Gasteiger partial charge is 0.344 e. The number of amides is 1. The maximum atomic E-state index is 12.7. The van der Waals surface area contributed by atoms with Crippen molar-refractivity contribution in [3.05, 3.63) is 58.0 Å². The van der Waals surface area contributed by atoms with Crippen molar-refractivity contribution in [1.29, 1.82) is 0 Å². The van der Waals surface area contributed by atoms with Gasteiger partial charge >= 0.3 is 0 Å². The molecule has 0 saturated carbocycles. The van der Waals surface area contributed by atoms with Gasteiger partial charge in [-0.25, -0.2) is 0 Å². The standard InChI is InChI=1S/C21H25N5O/c1-12(16-9-8-15-6-5-7-17(15)10-16)22-21(27)19-11-18(23-24-19)20-13(2)25-26(4)14(20)3/h8-12H,5-7H2,1-4H3,(H,22,27)(H,23,24)/t12-/m1/s1. The van der Waals surface area contributed by atoms with Crippen molar-refractivity contribution in [2.24, 2.45) is 7.05 Å². The first-order valence-corrected chi connectivity index (χ1v) is 9.42. The summed E-state index contributed by atoms with van der Waals surface area (Å²) in [7, 11) is 1.91. The summed E-state index contributed by atoms with van der Waals surface area (Å²) in [6.07, 6.45) is 3.53. The van der Waals surface area contributed by atoms with Gasteiger partial charge in [-0.15, -0.1) is 0 Å². The van der Waals surface area contributed by atoms with E-state index in [9.17, 15) is 4.79 Å². The molecule has 2 N–H and O–H groups in total. The van der Waals surface area contributed by atoms with Crippen molar-refractivity contribution in [3.63, 3.8) is 0 Å². The Morgan fingerprint density at radius 2 is 2.00 bits per heavy atom. The van der Waals surface area contributed by atoms with E-state index in [-0.39, 0.29) is 11.9 Å². The highest BCUT2D eigenvalue weighted by Crippen LogP contribution is 2.27. The van der Waals surface area contributed by atoms with Crippen molar-refractivity contribution in [1.82, 2.24) is 25.3 Å². The van der Waals surface area contributed by atoms with Gasteiger partial charge in [-0.2, -0.15) is 10.2 Å². The van der Waals surface area contributed by atoms with Crippen LogP contribution in [0.1, 0.15) is 58.0 Å². The zero-order valence-electron chi connectivity index (χ0n) is 16.3. The number of fused-ring (bicyclic) bond motifs is 1. The fourth-order valence-electron chi connectivity index (χ4n) is 3.93. The van der Waals surface area contributed by atoms with Gasteiger partial charge in [0, 0.05) is 18.3 Å². The molecule has 0 bridgehead atoms. The predicted molar refractivity (Wildman–Crippen MR) is 105 cm³/mol. The molecule has 0 spiro atoms. The SMILES string of the molecule is Cc1nn(C)c(C)c1-c1cc(C(=O)N[C@H](C)c2ccc3c(c2)CCC3)[nH]n1. The van der Waals surface area contributed by atoms with Crippen molar-refractivity contribution in [3.8, 4) is 11.3 Å². The van der Waals surface area contributed by atoms with Crippen LogP contribution in [0.2, 0.25) is 0 Å². The molecule has 140 valence electrons. The second-order valence-electron chi connectivity index (χ2n) is 7.41. The van der Waals surface area contributed by atoms with E-state index in [1.54, 1.807) is 6.07 Å². The number of nitrogens with zero attached hydrogens (tertiary/aromatic N) is 3. The molecule has 6 nitrogen and oxygen atoms in total. The van der Waals surface area contributed by atoms with Crippen LogP contribution in [0.5, 0.6) is 0 Å². The summed E-state index contributed by atoms with van der Waals surface area (Å²) >= 11 is 0. The number of aryl methyl sites for hydroxylation is 4. The Morgan fingerprint density at radius 1 is 1.22 bits per heavy atom. The smallest absolute Gasteiger partial charge is 0.269 e. The molecule has 27 heavy (non-hydrogen) atoms. The quantitative estimate of drug-likeness (QED) is 0.746. The summed E-state index contributed by atoms with van der Waals surface area (Å²) < 4.78 is 1.83. The summed E-state index contributed by atoms with van der Waals surface area (Å²) in [6.45, 7) is 5.97. The van der Waals surface area contributed by atoms with Crippen LogP contribution in [-0.4, -0.2) is 25.9 Å². The molecule has 1 atom stereocenters. The lowest BCUT2D eigenvalue weighted by Gasteiger charge is -2.15. The zero-order chi connectivity index (χ0) is 19.1. The number of carbonyl (C=O) groups is 1. The molecule has 4 rings (SSSR count). The van der Waals surface area contributed by atoms with Crippen molar-refractivity contribution in [2.45, 2.75) is 46.1 Å². The van der Waals surface area contributed by atoms with E-state index in [4.69, 9.17) is 0 Å². The third-order valence-corrected chi connectivity index (χ3v) is 5.56. The van der Waals surface area contributed by atoms with Crippen LogP contribution in [0.3, 0.4) is 0 Å². The van der Waals surface area contributed by atoms with Crippen molar-refractivity contribution in [2.75, 3.05) is 0 Å². The Bertz CT molecular complexity index is 1010. The topological polar surface area (TPSA) is 75.6 Å². The number of aromatic amines is 1. The lowest BCUT2D eigenvalue weighted by Crippen LogP contribution is -2.27. The lowest BCUT2D eigenvalue weighted by molar-refractivity contribution is 0.0935. The number of carbonyl (C=O) groups excluding carboxylic acids is 1.